The molecule has 0 bridgehead atoms. The topological polar surface area (TPSA) is 66.0 Å². The van der Waals surface area contributed by atoms with Crippen molar-refractivity contribution in [2.24, 2.45) is 0 Å². The van der Waals surface area contributed by atoms with Crippen LogP contribution in [0.25, 0.3) is 5.69 Å². The summed E-state index contributed by atoms with van der Waals surface area (Å²) in [6.07, 6.45) is 0. The number of nitrogens with zero attached hydrogens (tertiary/aromatic N) is 3. The number of nitrogen functional groups attached to an aromatic ring is 1. The van der Waals surface area contributed by atoms with E-state index < -0.39 is 0 Å². The summed E-state index contributed by atoms with van der Waals surface area (Å²) in [6, 6.07) is 7.58. The van der Waals surface area contributed by atoms with Crippen LogP contribution in [0.1, 0.15) is 5.82 Å². The quantitative estimate of drug-likeness (QED) is 0.797. The number of ether oxygens (including phenoxy) is 1. The molecular weight excluding hydrogens is 192 g/mol. The third-order valence-electron chi connectivity index (χ3n) is 2.10. The minimum atomic E-state index is 0.262. The van der Waals surface area contributed by atoms with Crippen LogP contribution < -0.4 is 10.5 Å². The molecule has 2 aromatic rings. The molecule has 1 aromatic carbocycles. The van der Waals surface area contributed by atoms with Gasteiger partial charge in [-0.15, -0.1) is 5.10 Å². The van der Waals surface area contributed by atoms with Crippen molar-refractivity contribution in [3.05, 3.63) is 30.1 Å². The number of hydrogen-bond acceptors (Lipinski definition) is 4. The van der Waals surface area contributed by atoms with Crippen molar-refractivity contribution in [2.45, 2.75) is 6.92 Å². The van der Waals surface area contributed by atoms with Gasteiger partial charge >= 0.3 is 0 Å². The summed E-state index contributed by atoms with van der Waals surface area (Å²) >= 11 is 0. The van der Waals surface area contributed by atoms with Gasteiger partial charge in [0, 0.05) is 0 Å². The summed E-state index contributed by atoms with van der Waals surface area (Å²) in [5, 5.41) is 4.09. The Morgan fingerprint density at radius 1 is 1.33 bits per heavy atom. The number of anilines is 1. The maximum Gasteiger partial charge on any atom is 0.240 e. The van der Waals surface area contributed by atoms with Crippen LogP contribution >= 0.6 is 0 Å². The van der Waals surface area contributed by atoms with E-state index in [-0.39, 0.29) is 5.95 Å². The van der Waals surface area contributed by atoms with Gasteiger partial charge in [0.25, 0.3) is 0 Å². The average molecular weight is 204 g/mol. The van der Waals surface area contributed by atoms with Crippen molar-refractivity contribution >= 4 is 5.95 Å². The van der Waals surface area contributed by atoms with Crippen molar-refractivity contribution < 1.29 is 4.74 Å². The predicted molar refractivity (Wildman–Crippen MR) is 57.1 cm³/mol. The SMILES string of the molecule is COc1ccccc1-n1nc(N)nc1C. The van der Waals surface area contributed by atoms with E-state index in [1.54, 1.807) is 11.8 Å². The summed E-state index contributed by atoms with van der Waals surface area (Å²) < 4.78 is 6.90. The van der Waals surface area contributed by atoms with Crippen LogP contribution in [0.5, 0.6) is 5.75 Å². The number of nitrogens with two attached hydrogens (primary N) is 1. The lowest BCUT2D eigenvalue weighted by atomic mass is 10.3. The van der Waals surface area contributed by atoms with E-state index >= 15 is 0 Å². The van der Waals surface area contributed by atoms with Gasteiger partial charge in [-0.1, -0.05) is 12.1 Å². The predicted octanol–water partition coefficient (Wildman–Crippen LogP) is 1.17. The molecule has 1 aromatic heterocycles. The molecule has 5 nitrogen and oxygen atoms in total. The molecule has 2 N–H and O–H groups in total. The molecule has 0 aliphatic carbocycles. The van der Waals surface area contributed by atoms with Crippen molar-refractivity contribution in [1.82, 2.24) is 14.8 Å². The van der Waals surface area contributed by atoms with Crippen LogP contribution in [-0.2, 0) is 0 Å². The molecule has 15 heavy (non-hydrogen) atoms. The summed E-state index contributed by atoms with van der Waals surface area (Å²) in [5.41, 5.74) is 6.36. The highest BCUT2D eigenvalue weighted by atomic mass is 16.5. The first-order valence-electron chi connectivity index (χ1n) is 4.55. The smallest absolute Gasteiger partial charge is 0.240 e. The van der Waals surface area contributed by atoms with E-state index in [0.29, 0.717) is 0 Å². The molecule has 0 unspecified atom stereocenters. The number of hydrogen-bond donors (Lipinski definition) is 1. The Balaban J connectivity index is 2.58. The fourth-order valence-electron chi connectivity index (χ4n) is 1.44. The van der Waals surface area contributed by atoms with E-state index in [1.807, 2.05) is 31.2 Å². The lowest BCUT2D eigenvalue weighted by Gasteiger charge is -2.08. The summed E-state index contributed by atoms with van der Waals surface area (Å²) in [7, 11) is 1.62. The van der Waals surface area contributed by atoms with E-state index in [2.05, 4.69) is 10.1 Å². The third-order valence-corrected chi connectivity index (χ3v) is 2.10. The van der Waals surface area contributed by atoms with Crippen molar-refractivity contribution in [3.63, 3.8) is 0 Å². The van der Waals surface area contributed by atoms with Crippen LogP contribution in [0.15, 0.2) is 24.3 Å². The van der Waals surface area contributed by atoms with E-state index in [4.69, 9.17) is 10.5 Å². The minimum Gasteiger partial charge on any atom is -0.494 e. The molecule has 5 heteroatoms. The molecule has 0 aliphatic heterocycles. The first kappa shape index (κ1) is 9.51. The van der Waals surface area contributed by atoms with Crippen molar-refractivity contribution in [3.8, 4) is 11.4 Å². The highest BCUT2D eigenvalue weighted by Crippen LogP contribution is 2.22. The molecule has 0 saturated heterocycles. The Morgan fingerprint density at radius 2 is 2.07 bits per heavy atom. The minimum absolute atomic E-state index is 0.262. The second-order valence-corrected chi connectivity index (χ2v) is 3.10. The molecule has 0 aliphatic rings. The zero-order valence-electron chi connectivity index (χ0n) is 8.64. The molecule has 1 heterocycles. The maximum absolute atomic E-state index is 5.52. The maximum atomic E-state index is 5.52. The average Bonchev–Trinajstić information content (AvgIpc) is 2.57. The van der Waals surface area contributed by atoms with Gasteiger partial charge in [0.15, 0.2) is 0 Å². The summed E-state index contributed by atoms with van der Waals surface area (Å²) in [5.74, 6) is 1.74. The van der Waals surface area contributed by atoms with Crippen molar-refractivity contribution in [1.29, 1.82) is 0 Å². The fraction of sp³-hybridized carbons (Fsp3) is 0.200. The number of methoxy groups -OCH3 is 1. The molecular formula is C10H12N4O. The van der Waals surface area contributed by atoms with Crippen molar-refractivity contribution in [2.75, 3.05) is 12.8 Å². The first-order chi connectivity index (χ1) is 7.22. The summed E-state index contributed by atoms with van der Waals surface area (Å²) in [4.78, 5) is 4.04. The Hall–Kier alpha value is -2.04. The Bertz CT molecular complexity index is 478. The van der Waals surface area contributed by atoms with E-state index in [9.17, 15) is 0 Å². The third kappa shape index (κ3) is 1.63. The van der Waals surface area contributed by atoms with E-state index in [0.717, 1.165) is 17.3 Å². The Kier molecular flexibility index (Phi) is 2.29. The number of rotatable bonds is 2. The number of aryl methyl sites for hydroxylation is 1. The van der Waals surface area contributed by atoms with Gasteiger partial charge in [-0.2, -0.15) is 4.98 Å². The number of aromatic nitrogens is 3. The second kappa shape index (κ2) is 3.61. The number of para-hydroxylation sites is 2. The van der Waals surface area contributed by atoms with Crippen LogP contribution in [0.3, 0.4) is 0 Å². The Morgan fingerprint density at radius 3 is 2.67 bits per heavy atom. The second-order valence-electron chi connectivity index (χ2n) is 3.10. The molecule has 0 spiro atoms. The molecule has 78 valence electrons. The van der Waals surface area contributed by atoms with Crippen LogP contribution in [0.2, 0.25) is 0 Å². The molecule has 0 fully saturated rings. The largest absolute Gasteiger partial charge is 0.494 e. The highest BCUT2D eigenvalue weighted by molar-refractivity contribution is 5.46. The monoisotopic (exact) mass is 204 g/mol. The first-order valence-corrected chi connectivity index (χ1v) is 4.55. The van der Waals surface area contributed by atoms with Gasteiger partial charge in [0.2, 0.25) is 5.95 Å². The highest BCUT2D eigenvalue weighted by Gasteiger charge is 2.09. The summed E-state index contributed by atoms with van der Waals surface area (Å²) in [6.45, 7) is 1.84. The van der Waals surface area contributed by atoms with Crippen LogP contribution in [-0.4, -0.2) is 21.9 Å². The van der Waals surface area contributed by atoms with Gasteiger partial charge < -0.3 is 10.5 Å². The van der Waals surface area contributed by atoms with Gasteiger partial charge in [-0.05, 0) is 19.1 Å². The van der Waals surface area contributed by atoms with E-state index in [1.165, 1.54) is 0 Å². The van der Waals surface area contributed by atoms with Gasteiger partial charge in [-0.3, -0.25) is 0 Å². The molecule has 0 amide bonds. The molecule has 0 atom stereocenters. The lowest BCUT2D eigenvalue weighted by molar-refractivity contribution is 0.411. The van der Waals surface area contributed by atoms with Crippen LogP contribution in [0.4, 0.5) is 5.95 Å². The Labute approximate surface area is 87.5 Å². The fourth-order valence-corrected chi connectivity index (χ4v) is 1.44. The van der Waals surface area contributed by atoms with Gasteiger partial charge in [0.05, 0.1) is 7.11 Å². The molecule has 0 saturated carbocycles. The van der Waals surface area contributed by atoms with Gasteiger partial charge in [-0.25, -0.2) is 4.68 Å². The zero-order valence-corrected chi connectivity index (χ0v) is 8.64. The zero-order chi connectivity index (χ0) is 10.8. The molecule has 2 rings (SSSR count). The number of benzene rings is 1. The molecule has 0 radical (unpaired) electrons. The normalized spacial score (nSPS) is 10.3. The van der Waals surface area contributed by atoms with Gasteiger partial charge in [0.1, 0.15) is 17.3 Å². The standard InChI is InChI=1S/C10H12N4O/c1-7-12-10(11)13-14(7)8-5-3-4-6-9(8)15-2/h3-6H,1-2H3,(H2,11,13). The van der Waals surface area contributed by atoms with Crippen LogP contribution in [0, 0.1) is 6.92 Å². The lowest BCUT2D eigenvalue weighted by Crippen LogP contribution is -2.02.